The summed E-state index contributed by atoms with van der Waals surface area (Å²) >= 11 is 1.54. The van der Waals surface area contributed by atoms with Crippen LogP contribution in [0.3, 0.4) is 0 Å². The second-order valence-corrected chi connectivity index (χ2v) is 7.88. The van der Waals surface area contributed by atoms with Crippen molar-refractivity contribution in [2.24, 2.45) is 0 Å². The van der Waals surface area contributed by atoms with Gasteiger partial charge in [0.05, 0.1) is 4.90 Å². The van der Waals surface area contributed by atoms with E-state index >= 15 is 0 Å². The summed E-state index contributed by atoms with van der Waals surface area (Å²) in [6, 6.07) is 11.2. The van der Waals surface area contributed by atoms with Gasteiger partial charge in [-0.3, -0.25) is 0 Å². The van der Waals surface area contributed by atoms with E-state index in [0.717, 1.165) is 17.0 Å². The molecule has 2 aromatic rings. The molecule has 0 radical (unpaired) electrons. The molecular formula is C15H20N2O2S2. The molecule has 0 bridgehead atoms. The van der Waals surface area contributed by atoms with Crippen molar-refractivity contribution in [1.82, 2.24) is 10.0 Å². The minimum absolute atomic E-state index is 0.298. The standard InChI is InChI=1S/C15H20N2O2S2/c1-12(2)16-10-13-5-7-15(8-6-13)21(18,19)17-11-14-4-3-9-20-14/h3-9,12,16-17H,10-11H2,1-2H3. The molecule has 4 nitrogen and oxygen atoms in total. The van der Waals surface area contributed by atoms with Crippen molar-refractivity contribution < 1.29 is 8.42 Å². The summed E-state index contributed by atoms with van der Waals surface area (Å²) < 4.78 is 27.0. The first-order valence-corrected chi connectivity index (χ1v) is 9.18. The summed E-state index contributed by atoms with van der Waals surface area (Å²) in [6.07, 6.45) is 0. The molecule has 0 unspecified atom stereocenters. The van der Waals surface area contributed by atoms with E-state index in [-0.39, 0.29) is 0 Å². The van der Waals surface area contributed by atoms with Gasteiger partial charge in [-0.1, -0.05) is 32.0 Å². The van der Waals surface area contributed by atoms with Crippen LogP contribution in [0.15, 0.2) is 46.7 Å². The predicted molar refractivity (Wildman–Crippen MR) is 86.8 cm³/mol. The molecule has 0 atom stereocenters. The second kappa shape index (κ2) is 7.17. The Labute approximate surface area is 130 Å². The number of thiophene rings is 1. The second-order valence-electron chi connectivity index (χ2n) is 5.08. The first-order chi connectivity index (χ1) is 9.97. The Morgan fingerprint density at radius 3 is 2.38 bits per heavy atom. The molecule has 0 aliphatic heterocycles. The van der Waals surface area contributed by atoms with Crippen LogP contribution in [0.5, 0.6) is 0 Å². The molecule has 0 aliphatic rings. The maximum absolute atomic E-state index is 12.2. The van der Waals surface area contributed by atoms with E-state index in [2.05, 4.69) is 23.9 Å². The van der Waals surface area contributed by atoms with E-state index < -0.39 is 10.0 Å². The number of rotatable bonds is 7. The molecule has 2 N–H and O–H groups in total. The normalized spacial score (nSPS) is 12.0. The molecule has 0 saturated heterocycles. The highest BCUT2D eigenvalue weighted by atomic mass is 32.2. The zero-order valence-corrected chi connectivity index (χ0v) is 13.8. The Balaban J connectivity index is 1.99. The van der Waals surface area contributed by atoms with Crippen molar-refractivity contribution in [1.29, 1.82) is 0 Å². The summed E-state index contributed by atoms with van der Waals surface area (Å²) in [7, 11) is -3.45. The molecule has 1 aromatic heterocycles. The number of sulfonamides is 1. The van der Waals surface area contributed by atoms with Gasteiger partial charge in [-0.15, -0.1) is 11.3 Å². The Bertz CT molecular complexity index is 647. The SMILES string of the molecule is CC(C)NCc1ccc(S(=O)(=O)NCc2cccs2)cc1. The lowest BCUT2D eigenvalue weighted by Gasteiger charge is -2.09. The first-order valence-electron chi connectivity index (χ1n) is 6.82. The van der Waals surface area contributed by atoms with Gasteiger partial charge in [-0.05, 0) is 29.1 Å². The monoisotopic (exact) mass is 324 g/mol. The van der Waals surface area contributed by atoms with Gasteiger partial charge in [0.2, 0.25) is 10.0 Å². The Kier molecular flexibility index (Phi) is 5.52. The third kappa shape index (κ3) is 4.93. The summed E-state index contributed by atoms with van der Waals surface area (Å²) in [5.41, 5.74) is 1.07. The van der Waals surface area contributed by atoms with Gasteiger partial charge in [0.1, 0.15) is 0 Å². The lowest BCUT2D eigenvalue weighted by molar-refractivity contribution is 0.580. The largest absolute Gasteiger partial charge is 0.310 e. The molecule has 1 heterocycles. The third-order valence-corrected chi connectivity index (χ3v) is 5.26. The first kappa shape index (κ1) is 16.2. The number of nitrogens with one attached hydrogen (secondary N) is 2. The zero-order chi connectivity index (χ0) is 15.3. The molecule has 21 heavy (non-hydrogen) atoms. The smallest absolute Gasteiger partial charge is 0.240 e. The summed E-state index contributed by atoms with van der Waals surface area (Å²) in [6.45, 7) is 5.22. The van der Waals surface area contributed by atoms with Gasteiger partial charge in [0.25, 0.3) is 0 Å². The van der Waals surface area contributed by atoms with Crippen molar-refractivity contribution in [3.63, 3.8) is 0 Å². The number of hydrogen-bond donors (Lipinski definition) is 2. The van der Waals surface area contributed by atoms with Crippen LogP contribution in [0, 0.1) is 0 Å². The summed E-state index contributed by atoms with van der Waals surface area (Å²) in [4.78, 5) is 1.30. The highest BCUT2D eigenvalue weighted by Gasteiger charge is 2.13. The lowest BCUT2D eigenvalue weighted by Crippen LogP contribution is -2.23. The van der Waals surface area contributed by atoms with Gasteiger partial charge < -0.3 is 5.32 Å². The molecule has 114 valence electrons. The summed E-state index contributed by atoms with van der Waals surface area (Å²) in [5, 5.41) is 5.23. The molecule has 0 saturated carbocycles. The van der Waals surface area contributed by atoms with Gasteiger partial charge in [0, 0.05) is 24.0 Å². The van der Waals surface area contributed by atoms with E-state index in [1.807, 2.05) is 29.6 Å². The fourth-order valence-electron chi connectivity index (χ4n) is 1.77. The molecule has 0 fully saturated rings. The number of benzene rings is 1. The molecule has 0 spiro atoms. The third-order valence-electron chi connectivity index (χ3n) is 2.96. The van der Waals surface area contributed by atoms with Crippen LogP contribution in [0.4, 0.5) is 0 Å². The van der Waals surface area contributed by atoms with Crippen molar-refractivity contribution in [3.05, 3.63) is 52.2 Å². The van der Waals surface area contributed by atoms with Crippen molar-refractivity contribution in [2.75, 3.05) is 0 Å². The van der Waals surface area contributed by atoms with E-state index in [1.54, 1.807) is 12.1 Å². The van der Waals surface area contributed by atoms with Gasteiger partial charge in [-0.2, -0.15) is 0 Å². The predicted octanol–water partition coefficient (Wildman–Crippen LogP) is 2.72. The molecule has 2 rings (SSSR count). The van der Waals surface area contributed by atoms with Crippen LogP contribution in [-0.2, 0) is 23.1 Å². The van der Waals surface area contributed by atoms with Crippen LogP contribution in [0.2, 0.25) is 0 Å². The van der Waals surface area contributed by atoms with E-state index in [0.29, 0.717) is 17.5 Å². The quantitative estimate of drug-likeness (QED) is 0.823. The summed E-state index contributed by atoms with van der Waals surface area (Å²) in [5.74, 6) is 0. The minimum atomic E-state index is -3.45. The van der Waals surface area contributed by atoms with Crippen LogP contribution >= 0.6 is 11.3 Å². The maximum atomic E-state index is 12.2. The van der Waals surface area contributed by atoms with Crippen LogP contribution in [0.1, 0.15) is 24.3 Å². The van der Waals surface area contributed by atoms with Gasteiger partial charge in [-0.25, -0.2) is 13.1 Å². The average Bonchev–Trinajstić information content (AvgIpc) is 2.97. The van der Waals surface area contributed by atoms with Crippen molar-refractivity contribution >= 4 is 21.4 Å². The molecule has 0 aliphatic carbocycles. The Hall–Kier alpha value is -1.21. The highest BCUT2D eigenvalue weighted by molar-refractivity contribution is 7.89. The van der Waals surface area contributed by atoms with Crippen molar-refractivity contribution in [2.45, 2.75) is 37.9 Å². The molecule has 0 amide bonds. The van der Waals surface area contributed by atoms with E-state index in [4.69, 9.17) is 0 Å². The van der Waals surface area contributed by atoms with E-state index in [9.17, 15) is 8.42 Å². The highest BCUT2D eigenvalue weighted by Crippen LogP contribution is 2.13. The zero-order valence-electron chi connectivity index (χ0n) is 12.2. The van der Waals surface area contributed by atoms with Gasteiger partial charge >= 0.3 is 0 Å². The van der Waals surface area contributed by atoms with Crippen LogP contribution < -0.4 is 10.0 Å². The molecule has 1 aromatic carbocycles. The Morgan fingerprint density at radius 1 is 1.10 bits per heavy atom. The average molecular weight is 324 g/mol. The topological polar surface area (TPSA) is 58.2 Å². The fourth-order valence-corrected chi connectivity index (χ4v) is 3.51. The fraction of sp³-hybridized carbons (Fsp3) is 0.333. The van der Waals surface area contributed by atoms with Crippen LogP contribution in [-0.4, -0.2) is 14.5 Å². The Morgan fingerprint density at radius 2 is 1.81 bits per heavy atom. The van der Waals surface area contributed by atoms with Crippen LogP contribution in [0.25, 0.3) is 0 Å². The van der Waals surface area contributed by atoms with E-state index in [1.165, 1.54) is 11.3 Å². The minimum Gasteiger partial charge on any atom is -0.310 e. The maximum Gasteiger partial charge on any atom is 0.240 e. The van der Waals surface area contributed by atoms with Gasteiger partial charge in [0.15, 0.2) is 0 Å². The lowest BCUT2D eigenvalue weighted by atomic mass is 10.2. The number of hydrogen-bond acceptors (Lipinski definition) is 4. The van der Waals surface area contributed by atoms with Crippen molar-refractivity contribution in [3.8, 4) is 0 Å². The molecular weight excluding hydrogens is 304 g/mol. The molecule has 6 heteroatoms.